The van der Waals surface area contributed by atoms with Gasteiger partial charge in [-0.15, -0.1) is 0 Å². The van der Waals surface area contributed by atoms with E-state index < -0.39 is 24.2 Å². The van der Waals surface area contributed by atoms with E-state index in [0.717, 1.165) is 4.68 Å². The summed E-state index contributed by atoms with van der Waals surface area (Å²) in [4.78, 5) is 12.8. The molecule has 12 heteroatoms. The molecule has 4 rings (SSSR count). The third-order valence-corrected chi connectivity index (χ3v) is 5.23. The number of amides is 1. The minimum atomic E-state index is -4.57. The Hall–Kier alpha value is -3.83. The molecular weight excluding hydrogens is 445 g/mol. The van der Waals surface area contributed by atoms with Crippen molar-refractivity contribution in [1.29, 1.82) is 0 Å². The van der Waals surface area contributed by atoms with E-state index in [1.807, 2.05) is 0 Å². The molecule has 1 aromatic carbocycles. The van der Waals surface area contributed by atoms with Gasteiger partial charge >= 0.3 is 6.18 Å². The van der Waals surface area contributed by atoms with Gasteiger partial charge < -0.3 is 29.3 Å². The topological polar surface area (TPSA) is 99.8 Å². The van der Waals surface area contributed by atoms with E-state index in [1.54, 1.807) is 12.1 Å². The van der Waals surface area contributed by atoms with Gasteiger partial charge in [-0.3, -0.25) is 4.79 Å². The van der Waals surface area contributed by atoms with Crippen LogP contribution >= 0.6 is 0 Å². The van der Waals surface area contributed by atoms with Gasteiger partial charge in [0.25, 0.3) is 5.91 Å². The van der Waals surface area contributed by atoms with Crippen LogP contribution in [0.5, 0.6) is 17.2 Å². The minimum absolute atomic E-state index is 0.0556. The summed E-state index contributed by atoms with van der Waals surface area (Å²) in [7, 11) is 4.28. The fourth-order valence-electron chi connectivity index (χ4n) is 3.71. The van der Waals surface area contributed by atoms with E-state index in [0.29, 0.717) is 23.0 Å². The first-order valence-corrected chi connectivity index (χ1v) is 9.82. The summed E-state index contributed by atoms with van der Waals surface area (Å²) in [5.74, 6) is 0.646. The number of ether oxygens (including phenoxy) is 3. The summed E-state index contributed by atoms with van der Waals surface area (Å²) in [6.07, 6.45) is -3.51. The first-order valence-electron chi connectivity index (χ1n) is 9.82. The Morgan fingerprint density at radius 3 is 2.42 bits per heavy atom. The molecule has 33 heavy (non-hydrogen) atoms. The van der Waals surface area contributed by atoms with E-state index >= 15 is 0 Å². The largest absolute Gasteiger partial charge is 0.493 e. The molecule has 176 valence electrons. The molecule has 1 aliphatic rings. The van der Waals surface area contributed by atoms with Crippen molar-refractivity contribution in [1.82, 2.24) is 9.78 Å². The lowest BCUT2D eigenvalue weighted by atomic mass is 10.0. The maximum atomic E-state index is 13.8. The molecule has 2 aromatic heterocycles. The smallest absolute Gasteiger partial charge is 0.410 e. The van der Waals surface area contributed by atoms with Crippen LogP contribution in [0.2, 0.25) is 0 Å². The maximum Gasteiger partial charge on any atom is 0.410 e. The highest BCUT2D eigenvalue weighted by molar-refractivity contribution is 6.03. The van der Waals surface area contributed by atoms with E-state index in [4.69, 9.17) is 18.6 Å². The van der Waals surface area contributed by atoms with Crippen LogP contribution in [-0.2, 0) is 0 Å². The second kappa shape index (κ2) is 8.60. The number of nitrogens with one attached hydrogen (secondary N) is 2. The fourth-order valence-corrected chi connectivity index (χ4v) is 3.71. The summed E-state index contributed by atoms with van der Waals surface area (Å²) < 4.78 is 63.1. The highest BCUT2D eigenvalue weighted by atomic mass is 19.4. The van der Waals surface area contributed by atoms with Gasteiger partial charge in [-0.05, 0) is 12.1 Å². The number of carbonyl (C=O) groups is 1. The van der Waals surface area contributed by atoms with Crippen molar-refractivity contribution in [3.05, 3.63) is 48.0 Å². The lowest BCUT2D eigenvalue weighted by Crippen LogP contribution is -2.35. The Balaban J connectivity index is 1.63. The second-order valence-corrected chi connectivity index (χ2v) is 7.23. The zero-order valence-electron chi connectivity index (χ0n) is 17.9. The molecule has 3 aromatic rings. The molecule has 0 saturated heterocycles. The monoisotopic (exact) mass is 466 g/mol. The van der Waals surface area contributed by atoms with Crippen LogP contribution in [0.15, 0.2) is 41.0 Å². The zero-order valence-corrected chi connectivity index (χ0v) is 17.9. The summed E-state index contributed by atoms with van der Waals surface area (Å²) in [6.45, 7) is 0. The Bertz CT molecular complexity index is 1120. The molecule has 0 unspecified atom stereocenters. The first kappa shape index (κ1) is 22.4. The third-order valence-electron chi connectivity index (χ3n) is 5.23. The van der Waals surface area contributed by atoms with E-state index in [1.165, 1.54) is 45.8 Å². The number of hydrogen-bond acceptors (Lipinski definition) is 7. The van der Waals surface area contributed by atoms with Gasteiger partial charge in [0.2, 0.25) is 5.75 Å². The molecule has 2 atom stereocenters. The highest BCUT2D eigenvalue weighted by Gasteiger charge is 2.47. The van der Waals surface area contributed by atoms with Gasteiger partial charge in [0.05, 0.1) is 33.6 Å². The van der Waals surface area contributed by atoms with Crippen molar-refractivity contribution in [3.63, 3.8) is 0 Å². The summed E-state index contributed by atoms with van der Waals surface area (Å²) in [6, 6.07) is 4.81. The quantitative estimate of drug-likeness (QED) is 0.555. The molecule has 0 saturated carbocycles. The predicted molar refractivity (Wildman–Crippen MR) is 111 cm³/mol. The number of furan rings is 1. The fraction of sp³-hybridized carbons (Fsp3) is 0.333. The van der Waals surface area contributed by atoms with Crippen LogP contribution < -0.4 is 24.8 Å². The van der Waals surface area contributed by atoms with Crippen LogP contribution in [0, 0.1) is 0 Å². The Morgan fingerprint density at radius 2 is 1.88 bits per heavy atom. The van der Waals surface area contributed by atoms with Crippen molar-refractivity contribution in [2.75, 3.05) is 32.0 Å². The van der Waals surface area contributed by atoms with Crippen LogP contribution in [0.4, 0.5) is 24.7 Å². The third kappa shape index (κ3) is 4.28. The zero-order chi connectivity index (χ0) is 23.8. The number of halogens is 3. The molecule has 3 heterocycles. The number of carbonyl (C=O) groups excluding carboxylic acids is 1. The summed E-state index contributed by atoms with van der Waals surface area (Å²) in [5, 5.41) is 9.50. The number of fused-ring (bicyclic) bond motifs is 1. The van der Waals surface area contributed by atoms with Gasteiger partial charge in [0.1, 0.15) is 11.6 Å². The van der Waals surface area contributed by atoms with E-state index in [9.17, 15) is 18.0 Å². The first-order chi connectivity index (χ1) is 15.7. The SMILES string of the molecule is COc1cc(NC(=O)c2cc3n(n2)[C@@H](C(F)(F)F)C[C@@H](c2ccco2)N3)cc(OC)c1OC. The Morgan fingerprint density at radius 1 is 1.18 bits per heavy atom. The van der Waals surface area contributed by atoms with Gasteiger partial charge in [-0.2, -0.15) is 18.3 Å². The maximum absolute atomic E-state index is 13.8. The number of hydrogen-bond donors (Lipinski definition) is 2. The molecule has 0 spiro atoms. The van der Waals surface area contributed by atoms with E-state index in [2.05, 4.69) is 15.7 Å². The van der Waals surface area contributed by atoms with Crippen molar-refractivity contribution < 1.29 is 36.6 Å². The molecule has 2 N–H and O–H groups in total. The molecule has 1 aliphatic heterocycles. The Labute approximate surface area is 186 Å². The molecule has 0 fully saturated rings. The van der Waals surface area contributed by atoms with Crippen molar-refractivity contribution in [2.24, 2.45) is 0 Å². The Kier molecular flexibility index (Phi) is 5.83. The molecular formula is C21H21F3N4O5. The highest BCUT2D eigenvalue weighted by Crippen LogP contribution is 2.44. The number of alkyl halides is 3. The van der Waals surface area contributed by atoms with Crippen LogP contribution in [0.1, 0.15) is 34.8 Å². The lowest BCUT2D eigenvalue weighted by Gasteiger charge is -2.32. The summed E-state index contributed by atoms with van der Waals surface area (Å²) >= 11 is 0. The predicted octanol–water partition coefficient (Wildman–Crippen LogP) is 4.41. The molecule has 9 nitrogen and oxygen atoms in total. The van der Waals surface area contributed by atoms with Crippen LogP contribution in [0.25, 0.3) is 0 Å². The van der Waals surface area contributed by atoms with E-state index in [-0.39, 0.29) is 23.6 Å². The number of aromatic nitrogens is 2. The van der Waals surface area contributed by atoms with Crippen LogP contribution in [-0.4, -0.2) is 43.2 Å². The van der Waals surface area contributed by atoms with Gasteiger partial charge in [0, 0.05) is 30.3 Å². The number of anilines is 2. The summed E-state index contributed by atoms with van der Waals surface area (Å²) in [5.41, 5.74) is 0.0925. The normalized spacial score (nSPS) is 17.6. The number of benzene rings is 1. The number of rotatable bonds is 6. The van der Waals surface area contributed by atoms with Crippen molar-refractivity contribution in [3.8, 4) is 17.2 Å². The minimum Gasteiger partial charge on any atom is -0.493 e. The molecule has 0 aliphatic carbocycles. The van der Waals surface area contributed by atoms with Crippen LogP contribution in [0.3, 0.4) is 0 Å². The van der Waals surface area contributed by atoms with Gasteiger partial charge in [-0.25, -0.2) is 4.68 Å². The average Bonchev–Trinajstić information content (AvgIpc) is 3.46. The molecule has 0 radical (unpaired) electrons. The average molecular weight is 466 g/mol. The van der Waals surface area contributed by atoms with Gasteiger partial charge in [-0.1, -0.05) is 0 Å². The lowest BCUT2D eigenvalue weighted by molar-refractivity contribution is -0.174. The number of methoxy groups -OCH3 is 3. The van der Waals surface area contributed by atoms with Gasteiger partial charge in [0.15, 0.2) is 23.2 Å². The molecule has 1 amide bonds. The molecule has 0 bridgehead atoms. The number of nitrogens with zero attached hydrogens (tertiary/aromatic N) is 2. The van der Waals surface area contributed by atoms with Crippen molar-refractivity contribution >= 4 is 17.4 Å². The van der Waals surface area contributed by atoms with Crippen molar-refractivity contribution in [2.45, 2.75) is 24.7 Å². The standard InChI is InChI=1S/C21H21F3N4O5/c1-30-15-7-11(8-16(31-2)19(15)32-3)25-20(29)13-10-18-26-12(14-5-4-6-33-14)9-17(21(22,23)24)28(18)27-13/h4-8,10,12,17,26H,9H2,1-3H3,(H,25,29)/t12-,17+/m0/s1. The second-order valence-electron chi connectivity index (χ2n) is 7.23.